The van der Waals surface area contributed by atoms with Crippen molar-refractivity contribution < 1.29 is 15.0 Å². The molecule has 0 atom stereocenters. The highest BCUT2D eigenvalue weighted by molar-refractivity contribution is 5.92. The third-order valence-corrected chi connectivity index (χ3v) is 1.49. The van der Waals surface area contributed by atoms with Crippen molar-refractivity contribution in [2.45, 2.75) is 0 Å². The Bertz CT molecular complexity index is 329. The van der Waals surface area contributed by atoms with Crippen LogP contribution in [0, 0.1) is 0 Å². The summed E-state index contributed by atoms with van der Waals surface area (Å²) in [5.74, 6) is -1.13. The van der Waals surface area contributed by atoms with Crippen molar-refractivity contribution in [1.82, 2.24) is 0 Å². The molecule has 3 nitrogen and oxygen atoms in total. The van der Waals surface area contributed by atoms with E-state index >= 15 is 0 Å². The number of benzene rings is 1. The molecule has 0 aliphatic heterocycles. The summed E-state index contributed by atoms with van der Waals surface area (Å²) in [6, 6.07) is 4.12. The molecule has 12 heavy (non-hydrogen) atoms. The fourth-order valence-electron chi connectivity index (χ4n) is 0.907. The zero-order valence-electron chi connectivity index (χ0n) is 6.32. The molecule has 2 N–H and O–H groups in total. The van der Waals surface area contributed by atoms with Crippen LogP contribution in [0.5, 0.6) is 5.75 Å². The molecule has 0 heterocycles. The topological polar surface area (TPSA) is 57.5 Å². The van der Waals surface area contributed by atoms with E-state index in [1.807, 2.05) is 0 Å². The van der Waals surface area contributed by atoms with Gasteiger partial charge in [0.1, 0.15) is 5.75 Å². The third-order valence-electron chi connectivity index (χ3n) is 1.49. The van der Waals surface area contributed by atoms with E-state index in [-0.39, 0.29) is 11.3 Å². The van der Waals surface area contributed by atoms with E-state index in [9.17, 15) is 4.79 Å². The van der Waals surface area contributed by atoms with Crippen LogP contribution in [-0.2, 0) is 0 Å². The SMILES string of the molecule is C=Cc1ccc(O)cc1C(=O)O. The average Bonchev–Trinajstić information content (AvgIpc) is 2.04. The van der Waals surface area contributed by atoms with Gasteiger partial charge in [-0.1, -0.05) is 18.7 Å². The Kier molecular flexibility index (Phi) is 2.14. The van der Waals surface area contributed by atoms with E-state index < -0.39 is 5.97 Å². The molecule has 0 bridgehead atoms. The minimum atomic E-state index is -1.07. The molecule has 0 amide bonds. The number of hydrogen-bond donors (Lipinski definition) is 2. The van der Waals surface area contributed by atoms with Crippen molar-refractivity contribution in [3.05, 3.63) is 35.9 Å². The molecule has 0 aliphatic carbocycles. The van der Waals surface area contributed by atoms with Crippen molar-refractivity contribution in [3.8, 4) is 5.75 Å². The fourth-order valence-corrected chi connectivity index (χ4v) is 0.907. The lowest BCUT2D eigenvalue weighted by molar-refractivity contribution is 0.0696. The number of carboxylic acid groups (broad SMARTS) is 1. The maximum atomic E-state index is 10.6. The first-order valence-electron chi connectivity index (χ1n) is 3.34. The summed E-state index contributed by atoms with van der Waals surface area (Å²) in [6.07, 6.45) is 1.43. The monoisotopic (exact) mass is 164 g/mol. The van der Waals surface area contributed by atoms with Crippen molar-refractivity contribution >= 4 is 12.0 Å². The summed E-state index contributed by atoms with van der Waals surface area (Å²) >= 11 is 0. The third kappa shape index (κ3) is 1.45. The first kappa shape index (κ1) is 8.33. The van der Waals surface area contributed by atoms with Gasteiger partial charge < -0.3 is 10.2 Å². The number of carboxylic acids is 1. The minimum absolute atomic E-state index is 0.0574. The molecule has 0 aromatic heterocycles. The smallest absolute Gasteiger partial charge is 0.336 e. The van der Waals surface area contributed by atoms with Crippen LogP contribution >= 0.6 is 0 Å². The van der Waals surface area contributed by atoms with E-state index in [1.165, 1.54) is 24.3 Å². The molecule has 1 rings (SSSR count). The molecule has 0 saturated carbocycles. The largest absolute Gasteiger partial charge is 0.508 e. The number of aromatic hydroxyl groups is 1. The summed E-state index contributed by atoms with van der Waals surface area (Å²) in [5, 5.41) is 17.6. The van der Waals surface area contributed by atoms with Gasteiger partial charge in [-0.3, -0.25) is 0 Å². The van der Waals surface area contributed by atoms with Gasteiger partial charge in [0, 0.05) is 0 Å². The lowest BCUT2D eigenvalue weighted by Crippen LogP contribution is -1.98. The number of phenols is 1. The second-order valence-electron chi connectivity index (χ2n) is 2.28. The predicted octanol–water partition coefficient (Wildman–Crippen LogP) is 1.73. The lowest BCUT2D eigenvalue weighted by atomic mass is 10.1. The Morgan fingerprint density at radius 1 is 1.50 bits per heavy atom. The van der Waals surface area contributed by atoms with Crippen LogP contribution in [0.1, 0.15) is 15.9 Å². The molecule has 0 radical (unpaired) electrons. The van der Waals surface area contributed by atoms with Crippen LogP contribution in [0.25, 0.3) is 6.08 Å². The van der Waals surface area contributed by atoms with Gasteiger partial charge in [-0.15, -0.1) is 0 Å². The second kappa shape index (κ2) is 3.09. The normalized spacial score (nSPS) is 9.33. The highest BCUT2D eigenvalue weighted by atomic mass is 16.4. The molecule has 0 unspecified atom stereocenters. The van der Waals surface area contributed by atoms with Gasteiger partial charge in [-0.25, -0.2) is 4.79 Å². The molecule has 62 valence electrons. The molecule has 0 fully saturated rings. The van der Waals surface area contributed by atoms with Crippen LogP contribution in [0.3, 0.4) is 0 Å². The van der Waals surface area contributed by atoms with Gasteiger partial charge in [0.15, 0.2) is 0 Å². The van der Waals surface area contributed by atoms with Crippen molar-refractivity contribution in [2.24, 2.45) is 0 Å². The molecule has 3 heteroatoms. The van der Waals surface area contributed by atoms with E-state index in [0.717, 1.165) is 0 Å². The standard InChI is InChI=1S/C9H8O3/c1-2-6-3-4-7(10)5-8(6)9(11)12/h2-5,10H,1H2,(H,11,12). The maximum absolute atomic E-state index is 10.6. The van der Waals surface area contributed by atoms with E-state index in [4.69, 9.17) is 10.2 Å². The van der Waals surface area contributed by atoms with E-state index in [2.05, 4.69) is 6.58 Å². The fraction of sp³-hybridized carbons (Fsp3) is 0. The highest BCUT2D eigenvalue weighted by Gasteiger charge is 2.07. The zero-order valence-corrected chi connectivity index (χ0v) is 6.32. The lowest BCUT2D eigenvalue weighted by Gasteiger charge is -2.00. The van der Waals surface area contributed by atoms with Crippen molar-refractivity contribution in [3.63, 3.8) is 0 Å². The second-order valence-corrected chi connectivity index (χ2v) is 2.28. The molecule has 1 aromatic rings. The molecular formula is C9H8O3. The zero-order chi connectivity index (χ0) is 9.14. The number of aromatic carboxylic acids is 1. The first-order chi connectivity index (χ1) is 5.65. The van der Waals surface area contributed by atoms with Crippen LogP contribution in [0.2, 0.25) is 0 Å². The molecule has 0 aliphatic rings. The number of phenolic OH excluding ortho intramolecular Hbond substituents is 1. The Morgan fingerprint density at radius 2 is 2.17 bits per heavy atom. The van der Waals surface area contributed by atoms with Gasteiger partial charge in [-0.2, -0.15) is 0 Å². The Hall–Kier alpha value is -1.77. The van der Waals surface area contributed by atoms with Gasteiger partial charge in [0.2, 0.25) is 0 Å². The van der Waals surface area contributed by atoms with Crippen molar-refractivity contribution in [2.75, 3.05) is 0 Å². The van der Waals surface area contributed by atoms with Crippen LogP contribution < -0.4 is 0 Å². The summed E-state index contributed by atoms with van der Waals surface area (Å²) in [6.45, 7) is 3.46. The summed E-state index contributed by atoms with van der Waals surface area (Å²) < 4.78 is 0. The summed E-state index contributed by atoms with van der Waals surface area (Å²) in [4.78, 5) is 10.6. The van der Waals surface area contributed by atoms with Gasteiger partial charge >= 0.3 is 5.97 Å². The molecular weight excluding hydrogens is 156 g/mol. The first-order valence-corrected chi connectivity index (χ1v) is 3.34. The van der Waals surface area contributed by atoms with Crippen LogP contribution in [0.15, 0.2) is 24.8 Å². The van der Waals surface area contributed by atoms with Gasteiger partial charge in [0.05, 0.1) is 5.56 Å². The Balaban J connectivity index is 3.30. The Labute approximate surface area is 69.6 Å². The van der Waals surface area contributed by atoms with Gasteiger partial charge in [-0.05, 0) is 17.7 Å². The molecule has 0 saturated heterocycles. The van der Waals surface area contributed by atoms with E-state index in [0.29, 0.717) is 5.56 Å². The van der Waals surface area contributed by atoms with Gasteiger partial charge in [0.25, 0.3) is 0 Å². The van der Waals surface area contributed by atoms with Crippen LogP contribution in [-0.4, -0.2) is 16.2 Å². The summed E-state index contributed by atoms with van der Waals surface area (Å²) in [7, 11) is 0. The maximum Gasteiger partial charge on any atom is 0.336 e. The predicted molar refractivity (Wildman–Crippen MR) is 45.2 cm³/mol. The number of rotatable bonds is 2. The van der Waals surface area contributed by atoms with Crippen molar-refractivity contribution in [1.29, 1.82) is 0 Å². The van der Waals surface area contributed by atoms with E-state index in [1.54, 1.807) is 0 Å². The highest BCUT2D eigenvalue weighted by Crippen LogP contribution is 2.17. The Morgan fingerprint density at radius 3 is 2.67 bits per heavy atom. The minimum Gasteiger partial charge on any atom is -0.508 e. The average molecular weight is 164 g/mol. The molecule has 1 aromatic carbocycles. The summed E-state index contributed by atoms with van der Waals surface area (Å²) in [5.41, 5.74) is 0.560. The quantitative estimate of drug-likeness (QED) is 0.699. The van der Waals surface area contributed by atoms with Crippen LogP contribution in [0.4, 0.5) is 0 Å². The molecule has 0 spiro atoms. The number of hydrogen-bond acceptors (Lipinski definition) is 2. The number of carbonyl (C=O) groups is 1.